The molecule has 25 heavy (non-hydrogen) atoms. The highest BCUT2D eigenvalue weighted by Crippen LogP contribution is 2.33. The molecule has 2 aromatic rings. The molecule has 0 aliphatic carbocycles. The molecule has 1 aromatic heterocycles. The van der Waals surface area contributed by atoms with Crippen LogP contribution in [0.1, 0.15) is 10.5 Å². The molecule has 1 N–H and O–H groups in total. The van der Waals surface area contributed by atoms with Gasteiger partial charge in [-0.25, -0.2) is 9.78 Å². The van der Waals surface area contributed by atoms with Crippen LogP contribution in [0.4, 0.5) is 0 Å². The minimum absolute atomic E-state index is 0.0469. The molecule has 1 aromatic carbocycles. The van der Waals surface area contributed by atoms with Crippen LogP contribution >= 0.6 is 11.3 Å². The summed E-state index contributed by atoms with van der Waals surface area (Å²) in [7, 11) is 1.59. The predicted molar refractivity (Wildman–Crippen MR) is 93.8 cm³/mol. The lowest BCUT2D eigenvalue weighted by Crippen LogP contribution is -2.38. The van der Waals surface area contributed by atoms with Crippen LogP contribution in [0.3, 0.4) is 0 Å². The number of aromatic nitrogens is 1. The van der Waals surface area contributed by atoms with Crippen LogP contribution in [0.25, 0.3) is 10.6 Å². The molecule has 1 fully saturated rings. The fraction of sp³-hybridized carbons (Fsp3) is 0.412. The summed E-state index contributed by atoms with van der Waals surface area (Å²) in [5.74, 6) is 0.235. The second-order valence-electron chi connectivity index (χ2n) is 5.51. The summed E-state index contributed by atoms with van der Waals surface area (Å²) in [4.78, 5) is 17.4. The zero-order valence-corrected chi connectivity index (χ0v) is 14.8. The van der Waals surface area contributed by atoms with E-state index in [9.17, 15) is 4.79 Å². The highest BCUT2D eigenvalue weighted by atomic mass is 32.1. The molecule has 8 heteroatoms. The zero-order chi connectivity index (χ0) is 17.6. The number of carboxylic acid groups (broad SMARTS) is 1. The predicted octanol–water partition coefficient (Wildman–Crippen LogP) is 2.23. The van der Waals surface area contributed by atoms with Crippen molar-refractivity contribution in [1.82, 2.24) is 9.88 Å². The van der Waals surface area contributed by atoms with Crippen LogP contribution in [-0.2, 0) is 4.74 Å². The van der Waals surface area contributed by atoms with Gasteiger partial charge in [0.1, 0.15) is 11.6 Å². The van der Waals surface area contributed by atoms with E-state index in [0.29, 0.717) is 23.1 Å². The van der Waals surface area contributed by atoms with Gasteiger partial charge in [0, 0.05) is 30.6 Å². The van der Waals surface area contributed by atoms with E-state index < -0.39 is 5.97 Å². The molecule has 0 radical (unpaired) electrons. The van der Waals surface area contributed by atoms with Crippen LogP contribution in [0.15, 0.2) is 23.6 Å². The smallest absolute Gasteiger partial charge is 0.355 e. The van der Waals surface area contributed by atoms with Crippen molar-refractivity contribution in [3.63, 3.8) is 0 Å². The van der Waals surface area contributed by atoms with E-state index in [1.165, 1.54) is 16.7 Å². The van der Waals surface area contributed by atoms with Gasteiger partial charge in [-0.05, 0) is 18.2 Å². The Kier molecular flexibility index (Phi) is 5.85. The standard InChI is InChI=1S/C17H20N2O5S/c1-22-14-3-2-12(16-18-13(11-25-16)17(20)21)10-15(14)24-9-6-19-4-7-23-8-5-19/h2-3,10-11H,4-9H2,1H3,(H,20,21). The molecule has 1 saturated heterocycles. The van der Waals surface area contributed by atoms with E-state index in [0.717, 1.165) is 38.4 Å². The molecule has 0 spiro atoms. The van der Waals surface area contributed by atoms with Gasteiger partial charge in [-0.2, -0.15) is 0 Å². The number of ether oxygens (including phenoxy) is 3. The Morgan fingerprint density at radius 2 is 2.16 bits per heavy atom. The summed E-state index contributed by atoms with van der Waals surface area (Å²) in [5.41, 5.74) is 0.852. The molecule has 2 heterocycles. The third-order valence-corrected chi connectivity index (χ3v) is 4.79. The van der Waals surface area contributed by atoms with E-state index in [2.05, 4.69) is 9.88 Å². The lowest BCUT2D eigenvalue weighted by molar-refractivity contribution is 0.0321. The second-order valence-corrected chi connectivity index (χ2v) is 6.37. The highest BCUT2D eigenvalue weighted by molar-refractivity contribution is 7.13. The second kappa shape index (κ2) is 8.28. The van der Waals surface area contributed by atoms with E-state index in [1.54, 1.807) is 13.2 Å². The summed E-state index contributed by atoms with van der Waals surface area (Å²) < 4.78 is 16.6. The summed E-state index contributed by atoms with van der Waals surface area (Å²) in [6.45, 7) is 4.70. The van der Waals surface area contributed by atoms with Crippen molar-refractivity contribution in [3.8, 4) is 22.1 Å². The van der Waals surface area contributed by atoms with Gasteiger partial charge in [0.15, 0.2) is 17.2 Å². The fourth-order valence-electron chi connectivity index (χ4n) is 2.54. The maximum absolute atomic E-state index is 11.0. The van der Waals surface area contributed by atoms with Gasteiger partial charge in [-0.1, -0.05) is 0 Å². The lowest BCUT2D eigenvalue weighted by Gasteiger charge is -2.26. The monoisotopic (exact) mass is 364 g/mol. The fourth-order valence-corrected chi connectivity index (χ4v) is 3.33. The van der Waals surface area contributed by atoms with Gasteiger partial charge in [0.2, 0.25) is 0 Å². The number of aromatic carboxylic acids is 1. The topological polar surface area (TPSA) is 81.1 Å². The number of hydrogen-bond acceptors (Lipinski definition) is 7. The Hall–Kier alpha value is -2.16. The first-order chi connectivity index (χ1) is 12.2. The van der Waals surface area contributed by atoms with Crippen LogP contribution in [-0.4, -0.2) is 67.5 Å². The SMILES string of the molecule is COc1ccc(-c2nc(C(=O)O)cs2)cc1OCCN1CCOCC1. The molecule has 0 amide bonds. The summed E-state index contributed by atoms with van der Waals surface area (Å²) in [5, 5.41) is 11.2. The molecular weight excluding hydrogens is 344 g/mol. The van der Waals surface area contributed by atoms with Crippen LogP contribution in [0.2, 0.25) is 0 Å². The third-order valence-electron chi connectivity index (χ3n) is 3.90. The molecule has 0 atom stereocenters. The number of hydrogen-bond donors (Lipinski definition) is 1. The maximum atomic E-state index is 11.0. The third kappa shape index (κ3) is 4.47. The Morgan fingerprint density at radius 3 is 2.84 bits per heavy atom. The summed E-state index contributed by atoms with van der Waals surface area (Å²) in [6.07, 6.45) is 0. The molecule has 0 unspecified atom stereocenters. The largest absolute Gasteiger partial charge is 0.493 e. The van der Waals surface area contributed by atoms with Crippen LogP contribution in [0.5, 0.6) is 11.5 Å². The quantitative estimate of drug-likeness (QED) is 0.807. The Labute approximate surface area is 149 Å². The minimum atomic E-state index is -1.03. The first-order valence-corrected chi connectivity index (χ1v) is 8.85. The average Bonchev–Trinajstić information content (AvgIpc) is 3.13. The van der Waals surface area contributed by atoms with Gasteiger partial charge in [0.05, 0.1) is 20.3 Å². The first-order valence-electron chi connectivity index (χ1n) is 7.97. The Balaban J connectivity index is 1.69. The number of morpholine rings is 1. The van der Waals surface area contributed by atoms with E-state index >= 15 is 0 Å². The number of rotatable bonds is 7. The van der Waals surface area contributed by atoms with Gasteiger partial charge in [-0.15, -0.1) is 11.3 Å². The molecular formula is C17H20N2O5S. The van der Waals surface area contributed by atoms with E-state index in [-0.39, 0.29) is 5.69 Å². The Bertz CT molecular complexity index is 728. The molecule has 7 nitrogen and oxygen atoms in total. The van der Waals surface area contributed by atoms with Crippen molar-refractivity contribution in [2.75, 3.05) is 46.6 Å². The number of methoxy groups -OCH3 is 1. The maximum Gasteiger partial charge on any atom is 0.355 e. The molecule has 1 aliphatic rings. The van der Waals surface area contributed by atoms with Crippen molar-refractivity contribution in [1.29, 1.82) is 0 Å². The van der Waals surface area contributed by atoms with Crippen molar-refractivity contribution in [2.45, 2.75) is 0 Å². The van der Waals surface area contributed by atoms with Crippen molar-refractivity contribution >= 4 is 17.3 Å². The molecule has 134 valence electrons. The molecule has 0 saturated carbocycles. The Morgan fingerprint density at radius 1 is 1.36 bits per heavy atom. The van der Waals surface area contributed by atoms with Gasteiger partial charge in [0.25, 0.3) is 0 Å². The number of nitrogens with zero attached hydrogens (tertiary/aromatic N) is 2. The normalized spacial score (nSPS) is 15.1. The molecule has 3 rings (SSSR count). The van der Waals surface area contributed by atoms with E-state index in [4.69, 9.17) is 19.3 Å². The van der Waals surface area contributed by atoms with Crippen molar-refractivity contribution < 1.29 is 24.1 Å². The number of carbonyl (C=O) groups is 1. The van der Waals surface area contributed by atoms with E-state index in [1.807, 2.05) is 12.1 Å². The van der Waals surface area contributed by atoms with Gasteiger partial charge >= 0.3 is 5.97 Å². The highest BCUT2D eigenvalue weighted by Gasteiger charge is 2.14. The zero-order valence-electron chi connectivity index (χ0n) is 13.9. The number of thiazole rings is 1. The van der Waals surface area contributed by atoms with Crippen LogP contribution < -0.4 is 9.47 Å². The molecule has 1 aliphatic heterocycles. The number of benzene rings is 1. The summed E-state index contributed by atoms with van der Waals surface area (Å²) in [6, 6.07) is 5.49. The van der Waals surface area contributed by atoms with Crippen molar-refractivity contribution in [2.24, 2.45) is 0 Å². The lowest BCUT2D eigenvalue weighted by atomic mass is 10.2. The van der Waals surface area contributed by atoms with Crippen molar-refractivity contribution in [3.05, 3.63) is 29.3 Å². The van der Waals surface area contributed by atoms with Crippen LogP contribution in [0, 0.1) is 0 Å². The molecule has 0 bridgehead atoms. The van der Waals surface area contributed by atoms with Gasteiger partial charge in [-0.3, -0.25) is 4.90 Å². The van der Waals surface area contributed by atoms with Gasteiger partial charge < -0.3 is 19.3 Å². The minimum Gasteiger partial charge on any atom is -0.493 e. The summed E-state index contributed by atoms with van der Waals surface area (Å²) >= 11 is 1.29. The first kappa shape index (κ1) is 17.7. The average molecular weight is 364 g/mol. The number of carboxylic acids is 1.